The third-order valence-electron chi connectivity index (χ3n) is 5.47. The highest BCUT2D eigenvalue weighted by Crippen LogP contribution is 2.23. The number of halogens is 1. The molecule has 0 radical (unpaired) electrons. The lowest BCUT2D eigenvalue weighted by atomic mass is 9.88. The fourth-order valence-electron chi connectivity index (χ4n) is 3.53. The molecule has 1 heterocycles. The Hall–Kier alpha value is -2.28. The van der Waals surface area contributed by atoms with E-state index >= 15 is 0 Å². The molecule has 2 unspecified atom stereocenters. The van der Waals surface area contributed by atoms with E-state index in [4.69, 9.17) is 11.6 Å². The van der Waals surface area contributed by atoms with Crippen LogP contribution in [0.5, 0.6) is 0 Å². The second kappa shape index (κ2) is 10.8. The van der Waals surface area contributed by atoms with Gasteiger partial charge in [0.05, 0.1) is 10.6 Å². The molecule has 0 saturated carbocycles. The number of hydrogen-bond acceptors (Lipinski definition) is 3. The van der Waals surface area contributed by atoms with Crippen LogP contribution in [0.1, 0.15) is 64.2 Å². The van der Waals surface area contributed by atoms with Crippen LogP contribution in [-0.4, -0.2) is 53.5 Å². The first kappa shape index (κ1) is 25.0. The normalized spacial score (nSPS) is 16.9. The van der Waals surface area contributed by atoms with Crippen molar-refractivity contribution in [3.8, 4) is 0 Å². The molecule has 8 heteroatoms. The lowest BCUT2D eigenvalue weighted by Crippen LogP contribution is -2.56. The zero-order valence-corrected chi connectivity index (χ0v) is 19.9. The van der Waals surface area contributed by atoms with Gasteiger partial charge in [0.2, 0.25) is 5.91 Å². The number of carbonyl (C=O) groups is 3. The van der Waals surface area contributed by atoms with Crippen molar-refractivity contribution in [2.45, 2.75) is 71.5 Å². The number of hydrogen-bond donors (Lipinski definition) is 3. The maximum absolute atomic E-state index is 13.0. The summed E-state index contributed by atoms with van der Waals surface area (Å²) in [5, 5.41) is 9.20. The smallest absolute Gasteiger partial charge is 0.317 e. The van der Waals surface area contributed by atoms with E-state index < -0.39 is 6.04 Å². The quantitative estimate of drug-likeness (QED) is 0.618. The van der Waals surface area contributed by atoms with Gasteiger partial charge in [-0.05, 0) is 65.0 Å². The molecule has 1 aromatic rings. The molecule has 31 heavy (non-hydrogen) atoms. The molecular formula is C23H35ClN4O3. The summed E-state index contributed by atoms with van der Waals surface area (Å²) in [7, 11) is 0. The predicted octanol–water partition coefficient (Wildman–Crippen LogP) is 3.57. The Bertz CT molecular complexity index is 785. The Balaban J connectivity index is 2.11. The molecule has 1 aromatic carbocycles. The van der Waals surface area contributed by atoms with Gasteiger partial charge in [-0.2, -0.15) is 0 Å². The Morgan fingerprint density at radius 2 is 1.74 bits per heavy atom. The summed E-state index contributed by atoms with van der Waals surface area (Å²) in [6.07, 6.45) is 2.04. The van der Waals surface area contributed by atoms with E-state index in [-0.39, 0.29) is 35.3 Å². The molecule has 3 N–H and O–H groups in total. The topological polar surface area (TPSA) is 90.5 Å². The van der Waals surface area contributed by atoms with Crippen LogP contribution < -0.4 is 16.0 Å². The van der Waals surface area contributed by atoms with E-state index in [0.717, 1.165) is 6.42 Å². The molecule has 0 aliphatic carbocycles. The van der Waals surface area contributed by atoms with Crippen molar-refractivity contribution < 1.29 is 14.4 Å². The third-order valence-corrected chi connectivity index (χ3v) is 5.80. The third kappa shape index (κ3) is 7.42. The summed E-state index contributed by atoms with van der Waals surface area (Å²) in [6, 6.07) is 5.99. The lowest BCUT2D eigenvalue weighted by molar-refractivity contribution is -0.125. The molecule has 172 valence electrons. The molecule has 1 fully saturated rings. The molecule has 0 bridgehead atoms. The van der Waals surface area contributed by atoms with Crippen LogP contribution in [0.2, 0.25) is 5.02 Å². The largest absolute Gasteiger partial charge is 0.352 e. The van der Waals surface area contributed by atoms with Crippen molar-refractivity contribution in [2.75, 3.05) is 13.1 Å². The molecule has 4 amide bonds. The van der Waals surface area contributed by atoms with Crippen LogP contribution in [0.15, 0.2) is 24.3 Å². The van der Waals surface area contributed by atoms with Crippen molar-refractivity contribution >= 4 is 29.4 Å². The number of likely N-dealkylation sites (tertiary alicyclic amines) is 1. The minimum absolute atomic E-state index is 0.00451. The Labute approximate surface area is 190 Å². The maximum atomic E-state index is 13.0. The highest BCUT2D eigenvalue weighted by atomic mass is 35.5. The number of nitrogens with zero attached hydrogens (tertiary/aromatic N) is 1. The molecular weight excluding hydrogens is 416 g/mol. The van der Waals surface area contributed by atoms with Gasteiger partial charge in [0.25, 0.3) is 5.91 Å². The minimum atomic E-state index is -0.689. The van der Waals surface area contributed by atoms with E-state index in [0.29, 0.717) is 36.5 Å². The van der Waals surface area contributed by atoms with E-state index in [2.05, 4.69) is 16.0 Å². The fraction of sp³-hybridized carbons (Fsp3) is 0.609. The van der Waals surface area contributed by atoms with Gasteiger partial charge in [0, 0.05) is 24.7 Å². The van der Waals surface area contributed by atoms with Crippen LogP contribution in [0.3, 0.4) is 0 Å². The van der Waals surface area contributed by atoms with Crippen molar-refractivity contribution in [3.63, 3.8) is 0 Å². The zero-order valence-electron chi connectivity index (χ0n) is 19.1. The van der Waals surface area contributed by atoms with E-state index in [1.54, 1.807) is 29.2 Å². The average molecular weight is 451 g/mol. The van der Waals surface area contributed by atoms with Gasteiger partial charge in [-0.1, -0.05) is 30.7 Å². The van der Waals surface area contributed by atoms with Gasteiger partial charge in [-0.25, -0.2) is 4.79 Å². The minimum Gasteiger partial charge on any atom is -0.352 e. The van der Waals surface area contributed by atoms with E-state index in [1.165, 1.54) is 0 Å². The number of amides is 4. The SMILES string of the molecule is CCC(C)NC(=O)C(NC(=O)c1ccccc1Cl)C1CCN(C(=O)NC(C)(C)C)CC1. The lowest BCUT2D eigenvalue weighted by Gasteiger charge is -2.37. The molecule has 7 nitrogen and oxygen atoms in total. The standard InChI is InChI=1S/C23H35ClN4O3/c1-6-15(2)25-21(30)19(26-20(29)17-9-7-8-10-18(17)24)16-11-13-28(14-12-16)22(31)27-23(3,4)5/h7-10,15-16,19H,6,11-14H2,1-5H3,(H,25,30)(H,26,29)(H,27,31). The van der Waals surface area contributed by atoms with Crippen molar-refractivity contribution in [2.24, 2.45) is 5.92 Å². The van der Waals surface area contributed by atoms with Gasteiger partial charge >= 0.3 is 6.03 Å². The number of benzene rings is 1. The molecule has 1 aliphatic rings. The van der Waals surface area contributed by atoms with Crippen LogP contribution in [-0.2, 0) is 4.79 Å². The number of rotatable bonds is 6. The Kier molecular flexibility index (Phi) is 8.74. The molecule has 2 rings (SSSR count). The second-order valence-corrected chi connectivity index (χ2v) is 9.66. The Morgan fingerprint density at radius 1 is 1.13 bits per heavy atom. The van der Waals surface area contributed by atoms with Crippen molar-refractivity contribution in [1.29, 1.82) is 0 Å². The highest BCUT2D eigenvalue weighted by molar-refractivity contribution is 6.33. The number of piperidine rings is 1. The summed E-state index contributed by atoms with van der Waals surface area (Å²) in [4.78, 5) is 40.1. The van der Waals surface area contributed by atoms with Crippen LogP contribution >= 0.6 is 11.6 Å². The van der Waals surface area contributed by atoms with E-state index in [9.17, 15) is 14.4 Å². The highest BCUT2D eigenvalue weighted by Gasteiger charge is 2.35. The molecule has 1 saturated heterocycles. The summed E-state index contributed by atoms with van der Waals surface area (Å²) >= 11 is 6.17. The molecule has 2 atom stereocenters. The Morgan fingerprint density at radius 3 is 2.29 bits per heavy atom. The first-order chi connectivity index (χ1) is 14.5. The second-order valence-electron chi connectivity index (χ2n) is 9.25. The van der Waals surface area contributed by atoms with Crippen LogP contribution in [0.25, 0.3) is 0 Å². The van der Waals surface area contributed by atoms with Crippen LogP contribution in [0, 0.1) is 5.92 Å². The summed E-state index contributed by atoms with van der Waals surface area (Å²) in [6.45, 7) is 10.8. The molecule has 0 spiro atoms. The zero-order chi connectivity index (χ0) is 23.2. The summed E-state index contributed by atoms with van der Waals surface area (Å²) < 4.78 is 0. The number of nitrogens with one attached hydrogen (secondary N) is 3. The molecule has 0 aromatic heterocycles. The van der Waals surface area contributed by atoms with Gasteiger partial charge in [-0.3, -0.25) is 9.59 Å². The number of urea groups is 1. The van der Waals surface area contributed by atoms with Gasteiger partial charge in [-0.15, -0.1) is 0 Å². The predicted molar refractivity (Wildman–Crippen MR) is 123 cm³/mol. The van der Waals surface area contributed by atoms with E-state index in [1.807, 2.05) is 34.6 Å². The van der Waals surface area contributed by atoms with Crippen molar-refractivity contribution in [1.82, 2.24) is 20.9 Å². The summed E-state index contributed by atoms with van der Waals surface area (Å²) in [5.41, 5.74) is 0.0303. The molecule has 1 aliphatic heterocycles. The van der Waals surface area contributed by atoms with Crippen LogP contribution in [0.4, 0.5) is 4.79 Å². The average Bonchev–Trinajstić information content (AvgIpc) is 2.70. The number of carbonyl (C=O) groups excluding carboxylic acids is 3. The van der Waals surface area contributed by atoms with Gasteiger partial charge in [0.15, 0.2) is 0 Å². The fourth-order valence-corrected chi connectivity index (χ4v) is 3.75. The summed E-state index contributed by atoms with van der Waals surface area (Å²) in [5.74, 6) is -0.649. The first-order valence-corrected chi connectivity index (χ1v) is 11.3. The maximum Gasteiger partial charge on any atom is 0.317 e. The van der Waals surface area contributed by atoms with Crippen molar-refractivity contribution in [3.05, 3.63) is 34.9 Å². The first-order valence-electron chi connectivity index (χ1n) is 10.9. The van der Waals surface area contributed by atoms with Gasteiger partial charge < -0.3 is 20.9 Å². The van der Waals surface area contributed by atoms with Gasteiger partial charge in [0.1, 0.15) is 6.04 Å². The monoisotopic (exact) mass is 450 g/mol.